The minimum atomic E-state index is -0.798. The van der Waals surface area contributed by atoms with Gasteiger partial charge in [0.05, 0.1) is 16.9 Å². The van der Waals surface area contributed by atoms with E-state index in [0.717, 1.165) is 10.6 Å². The van der Waals surface area contributed by atoms with Crippen LogP contribution in [-0.2, 0) is 16.0 Å². The maximum absolute atomic E-state index is 14.0. The molecule has 9 heteroatoms. The van der Waals surface area contributed by atoms with Crippen molar-refractivity contribution in [3.8, 4) is 0 Å². The normalized spacial score (nSPS) is 19.1. The summed E-state index contributed by atoms with van der Waals surface area (Å²) in [5.74, 6) is -0.754. The minimum Gasteiger partial charge on any atom is -0.315 e. The number of rotatable bonds is 6. The molecule has 0 bridgehead atoms. The standard InChI is InChI=1S/C26H25FN4O3S/c1-16-21(15-17-7-3-5-9-19(17)27)35-25(28-16)29-22(32)12-14-30-24(34)18-8-4-6-10-20(18)31-23(33)11-13-26(30,31)2/h3-10H,11-15H2,1-2H3,(H,28,29,32). The monoisotopic (exact) mass is 492 g/mol. The molecule has 180 valence electrons. The number of carbonyl (C=O) groups excluding carboxylic acids is 3. The van der Waals surface area contributed by atoms with Gasteiger partial charge < -0.3 is 10.2 Å². The lowest BCUT2D eigenvalue weighted by atomic mass is 9.98. The molecule has 1 N–H and O–H groups in total. The maximum Gasteiger partial charge on any atom is 0.257 e. The number of para-hydroxylation sites is 1. The van der Waals surface area contributed by atoms with Gasteiger partial charge in [0, 0.05) is 30.7 Å². The van der Waals surface area contributed by atoms with Crippen LogP contribution in [0.2, 0.25) is 0 Å². The van der Waals surface area contributed by atoms with Crippen LogP contribution in [-0.4, -0.2) is 39.8 Å². The second kappa shape index (κ2) is 8.88. The molecule has 1 unspecified atom stereocenters. The molecule has 1 fully saturated rings. The molecule has 1 aromatic heterocycles. The van der Waals surface area contributed by atoms with E-state index in [0.29, 0.717) is 41.2 Å². The van der Waals surface area contributed by atoms with Gasteiger partial charge in [-0.25, -0.2) is 9.37 Å². The van der Waals surface area contributed by atoms with Crippen molar-refractivity contribution < 1.29 is 18.8 Å². The average molecular weight is 493 g/mol. The molecule has 7 nitrogen and oxygen atoms in total. The number of halogens is 1. The molecule has 0 radical (unpaired) electrons. The fraction of sp³-hybridized carbons (Fsp3) is 0.308. The van der Waals surface area contributed by atoms with Gasteiger partial charge in [-0.3, -0.25) is 19.3 Å². The van der Waals surface area contributed by atoms with E-state index in [-0.39, 0.29) is 36.5 Å². The van der Waals surface area contributed by atoms with E-state index in [9.17, 15) is 18.8 Å². The topological polar surface area (TPSA) is 82.6 Å². The van der Waals surface area contributed by atoms with Gasteiger partial charge in [-0.1, -0.05) is 30.3 Å². The van der Waals surface area contributed by atoms with Gasteiger partial charge in [0.1, 0.15) is 11.5 Å². The fourth-order valence-electron chi connectivity index (χ4n) is 4.90. The van der Waals surface area contributed by atoms with Crippen LogP contribution in [0.3, 0.4) is 0 Å². The third-order valence-corrected chi connectivity index (χ3v) is 7.83. The Balaban J connectivity index is 1.28. The van der Waals surface area contributed by atoms with Crippen molar-refractivity contribution >= 4 is 39.9 Å². The number of thiazole rings is 1. The number of fused-ring (bicyclic) bond motifs is 3. The maximum atomic E-state index is 14.0. The van der Waals surface area contributed by atoms with Crippen LogP contribution in [0, 0.1) is 12.7 Å². The molecule has 2 aliphatic rings. The molecular weight excluding hydrogens is 467 g/mol. The summed E-state index contributed by atoms with van der Waals surface area (Å²) in [4.78, 5) is 47.4. The number of nitrogens with one attached hydrogen (secondary N) is 1. The number of hydrogen-bond acceptors (Lipinski definition) is 5. The molecule has 1 saturated heterocycles. The summed E-state index contributed by atoms with van der Waals surface area (Å²) in [6.45, 7) is 3.88. The Bertz CT molecular complexity index is 1340. The van der Waals surface area contributed by atoms with Crippen molar-refractivity contribution in [1.29, 1.82) is 0 Å². The van der Waals surface area contributed by atoms with Crippen LogP contribution >= 0.6 is 11.3 Å². The molecule has 1 atom stereocenters. The van der Waals surface area contributed by atoms with Crippen molar-refractivity contribution in [1.82, 2.24) is 9.88 Å². The highest BCUT2D eigenvalue weighted by Crippen LogP contribution is 2.44. The molecular formula is C26H25FN4O3S. The van der Waals surface area contributed by atoms with Crippen LogP contribution in [0.1, 0.15) is 52.7 Å². The van der Waals surface area contributed by atoms with Gasteiger partial charge in [0.2, 0.25) is 11.8 Å². The van der Waals surface area contributed by atoms with E-state index in [1.807, 2.05) is 19.9 Å². The van der Waals surface area contributed by atoms with E-state index < -0.39 is 5.66 Å². The lowest BCUT2D eigenvalue weighted by Gasteiger charge is -2.48. The Hall–Kier alpha value is -3.59. The predicted octanol–water partition coefficient (Wildman–Crippen LogP) is 4.51. The average Bonchev–Trinajstić information content (AvgIpc) is 3.33. The Morgan fingerprint density at radius 1 is 1.17 bits per heavy atom. The first-order valence-corrected chi connectivity index (χ1v) is 12.3. The van der Waals surface area contributed by atoms with E-state index >= 15 is 0 Å². The summed E-state index contributed by atoms with van der Waals surface area (Å²) in [5.41, 5.74) is 1.61. The Kier molecular flexibility index (Phi) is 5.88. The molecule has 35 heavy (non-hydrogen) atoms. The van der Waals surface area contributed by atoms with Gasteiger partial charge in [0.15, 0.2) is 5.13 Å². The second-order valence-corrected chi connectivity index (χ2v) is 10.1. The zero-order valence-electron chi connectivity index (χ0n) is 19.5. The lowest BCUT2D eigenvalue weighted by molar-refractivity contribution is -0.117. The van der Waals surface area contributed by atoms with Crippen molar-refractivity contribution in [3.63, 3.8) is 0 Å². The highest BCUT2D eigenvalue weighted by atomic mass is 32.1. The molecule has 0 saturated carbocycles. The number of carbonyl (C=O) groups is 3. The summed E-state index contributed by atoms with van der Waals surface area (Å²) < 4.78 is 14.0. The predicted molar refractivity (Wildman–Crippen MR) is 132 cm³/mol. The van der Waals surface area contributed by atoms with Crippen LogP contribution in [0.15, 0.2) is 48.5 Å². The first-order valence-electron chi connectivity index (χ1n) is 11.5. The first-order chi connectivity index (χ1) is 16.8. The van der Waals surface area contributed by atoms with E-state index in [4.69, 9.17) is 0 Å². The third-order valence-electron chi connectivity index (χ3n) is 6.76. The highest BCUT2D eigenvalue weighted by molar-refractivity contribution is 7.15. The molecule has 3 aromatic rings. The summed E-state index contributed by atoms with van der Waals surface area (Å²) in [5, 5.41) is 3.26. The molecule has 0 aliphatic carbocycles. The number of nitrogens with zero attached hydrogens (tertiary/aromatic N) is 3. The number of aromatic nitrogens is 1. The molecule has 3 heterocycles. The minimum absolute atomic E-state index is 0.0254. The van der Waals surface area contributed by atoms with Crippen LogP contribution in [0.25, 0.3) is 0 Å². The molecule has 3 amide bonds. The van der Waals surface area contributed by atoms with Crippen molar-refractivity contribution in [3.05, 3.63) is 76.0 Å². The lowest BCUT2D eigenvalue weighted by Crippen LogP contribution is -2.62. The van der Waals surface area contributed by atoms with E-state index in [1.54, 1.807) is 46.2 Å². The zero-order valence-corrected chi connectivity index (χ0v) is 20.3. The van der Waals surface area contributed by atoms with Gasteiger partial charge in [-0.15, -0.1) is 11.3 Å². The van der Waals surface area contributed by atoms with E-state index in [2.05, 4.69) is 10.3 Å². The SMILES string of the molecule is Cc1nc(NC(=O)CCN2C(=O)c3ccccc3N3C(=O)CCC23C)sc1Cc1ccccc1F. The smallest absolute Gasteiger partial charge is 0.257 e. The summed E-state index contributed by atoms with van der Waals surface area (Å²) in [6, 6.07) is 13.7. The second-order valence-electron chi connectivity index (χ2n) is 9.01. The number of amides is 3. The summed E-state index contributed by atoms with van der Waals surface area (Å²) in [6.07, 6.45) is 1.32. The molecule has 5 rings (SSSR count). The van der Waals surface area contributed by atoms with Crippen molar-refractivity contribution in [2.45, 2.75) is 45.2 Å². The van der Waals surface area contributed by atoms with Crippen molar-refractivity contribution in [2.24, 2.45) is 0 Å². The van der Waals surface area contributed by atoms with Crippen LogP contribution in [0.5, 0.6) is 0 Å². The summed E-state index contributed by atoms with van der Waals surface area (Å²) in [7, 11) is 0. The largest absolute Gasteiger partial charge is 0.315 e. The van der Waals surface area contributed by atoms with Crippen LogP contribution in [0.4, 0.5) is 15.2 Å². The van der Waals surface area contributed by atoms with Gasteiger partial charge >= 0.3 is 0 Å². The quantitative estimate of drug-likeness (QED) is 0.549. The number of benzene rings is 2. The Labute approximate surface area is 206 Å². The molecule has 2 aliphatic heterocycles. The number of anilines is 2. The Morgan fingerprint density at radius 3 is 2.71 bits per heavy atom. The van der Waals surface area contributed by atoms with Gasteiger partial charge in [0.25, 0.3) is 5.91 Å². The third kappa shape index (κ3) is 4.10. The van der Waals surface area contributed by atoms with Crippen molar-refractivity contribution in [2.75, 3.05) is 16.8 Å². The fourth-order valence-corrected chi connectivity index (χ4v) is 5.90. The summed E-state index contributed by atoms with van der Waals surface area (Å²) >= 11 is 1.32. The number of hydrogen-bond donors (Lipinski definition) is 1. The van der Waals surface area contributed by atoms with Crippen LogP contribution < -0.4 is 10.2 Å². The van der Waals surface area contributed by atoms with Gasteiger partial charge in [-0.2, -0.15) is 0 Å². The molecule has 2 aromatic carbocycles. The number of aryl methyl sites for hydroxylation is 1. The van der Waals surface area contributed by atoms with Gasteiger partial charge in [-0.05, 0) is 44.0 Å². The highest BCUT2D eigenvalue weighted by Gasteiger charge is 2.52. The Morgan fingerprint density at radius 2 is 1.91 bits per heavy atom. The molecule has 0 spiro atoms. The zero-order chi connectivity index (χ0) is 24.7. The first kappa shape index (κ1) is 23.2. The van der Waals surface area contributed by atoms with E-state index in [1.165, 1.54) is 17.4 Å².